The van der Waals surface area contributed by atoms with E-state index in [1.54, 1.807) is 0 Å². The Labute approximate surface area is 149 Å². The molecule has 0 spiro atoms. The fourth-order valence-corrected chi connectivity index (χ4v) is 2.68. The van der Waals surface area contributed by atoms with Gasteiger partial charge in [0.15, 0.2) is 0 Å². The van der Waals surface area contributed by atoms with Crippen LogP contribution in [0.15, 0.2) is 54.7 Å². The third-order valence-electron chi connectivity index (χ3n) is 4.06. The maximum atomic E-state index is 5.86. The molecule has 0 radical (unpaired) electrons. The highest BCUT2D eigenvalue weighted by Crippen LogP contribution is 2.26. The third kappa shape index (κ3) is 4.41. The Morgan fingerprint density at radius 2 is 1.56 bits per heavy atom. The predicted octanol–water partition coefficient (Wildman–Crippen LogP) is 5.42. The van der Waals surface area contributed by atoms with Gasteiger partial charge in [0.2, 0.25) is 0 Å². The molecule has 0 aliphatic carbocycles. The van der Waals surface area contributed by atoms with Crippen LogP contribution in [0, 0.1) is 6.92 Å². The highest BCUT2D eigenvalue weighted by atomic mass is 16.5. The lowest BCUT2D eigenvalue weighted by Gasteiger charge is -2.18. The number of benzene rings is 2. The molecule has 0 atom stereocenters. The number of H-pyrrole nitrogens is 1. The summed E-state index contributed by atoms with van der Waals surface area (Å²) < 4.78 is 5.86. The first-order valence-corrected chi connectivity index (χ1v) is 8.53. The lowest BCUT2D eigenvalue weighted by molar-refractivity contribution is 0.482. The van der Waals surface area contributed by atoms with Gasteiger partial charge >= 0.3 is 0 Å². The smallest absolute Gasteiger partial charge is 0.127 e. The van der Waals surface area contributed by atoms with Crippen molar-refractivity contribution in [1.82, 2.24) is 10.2 Å². The molecule has 0 aliphatic heterocycles. The van der Waals surface area contributed by atoms with Crippen molar-refractivity contribution < 1.29 is 4.74 Å². The van der Waals surface area contributed by atoms with Crippen molar-refractivity contribution >= 4 is 5.69 Å². The second-order valence-corrected chi connectivity index (χ2v) is 7.31. The normalized spacial score (nSPS) is 11.4. The first-order chi connectivity index (χ1) is 11.9. The number of aromatic amines is 1. The number of hydrogen-bond donors (Lipinski definition) is 2. The van der Waals surface area contributed by atoms with Crippen molar-refractivity contribution in [2.24, 2.45) is 0 Å². The summed E-state index contributed by atoms with van der Waals surface area (Å²) in [5, 5.41) is 10.7. The number of anilines is 1. The zero-order chi connectivity index (χ0) is 17.9. The van der Waals surface area contributed by atoms with Gasteiger partial charge in [-0.15, -0.1) is 0 Å². The number of rotatable bonds is 5. The van der Waals surface area contributed by atoms with Crippen LogP contribution >= 0.6 is 0 Å². The standard InChI is InChI=1S/C21H25N3O/c1-15-5-9-18(10-6-15)25-19-11-7-17(8-12-19)22-13-16-14-23-24-20(16)21(2,3)4/h5-12,14,22H,13H2,1-4H3,(H,23,24). The Morgan fingerprint density at radius 1 is 0.960 bits per heavy atom. The Hall–Kier alpha value is -2.75. The minimum absolute atomic E-state index is 0.0548. The molecule has 0 saturated heterocycles. The van der Waals surface area contributed by atoms with E-state index in [1.807, 2.05) is 54.7 Å². The van der Waals surface area contributed by atoms with Gasteiger partial charge in [0.05, 0.1) is 6.20 Å². The van der Waals surface area contributed by atoms with Gasteiger partial charge in [0, 0.05) is 28.9 Å². The van der Waals surface area contributed by atoms with Crippen LogP contribution in [0.1, 0.15) is 37.6 Å². The topological polar surface area (TPSA) is 49.9 Å². The molecule has 0 amide bonds. The average molecular weight is 335 g/mol. The molecule has 2 aromatic carbocycles. The first kappa shape index (κ1) is 17.1. The van der Waals surface area contributed by atoms with Gasteiger partial charge in [-0.1, -0.05) is 38.5 Å². The molecule has 1 heterocycles. The maximum Gasteiger partial charge on any atom is 0.127 e. The number of ether oxygens (including phenoxy) is 1. The summed E-state index contributed by atoms with van der Waals surface area (Å²) in [6.45, 7) is 9.35. The molecule has 3 rings (SSSR count). The molecular formula is C21H25N3O. The Morgan fingerprint density at radius 3 is 2.16 bits per heavy atom. The lowest BCUT2D eigenvalue weighted by atomic mass is 9.89. The largest absolute Gasteiger partial charge is 0.457 e. The van der Waals surface area contributed by atoms with Crippen LogP contribution in [-0.2, 0) is 12.0 Å². The fraction of sp³-hybridized carbons (Fsp3) is 0.286. The minimum atomic E-state index is 0.0548. The summed E-state index contributed by atoms with van der Waals surface area (Å²) in [5.41, 5.74) is 4.68. The lowest BCUT2D eigenvalue weighted by Crippen LogP contribution is -2.15. The monoisotopic (exact) mass is 335 g/mol. The highest BCUT2D eigenvalue weighted by molar-refractivity contribution is 5.48. The number of aromatic nitrogens is 2. The van der Waals surface area contributed by atoms with Gasteiger partial charge in [-0.3, -0.25) is 5.10 Å². The molecular weight excluding hydrogens is 310 g/mol. The zero-order valence-electron chi connectivity index (χ0n) is 15.3. The van der Waals surface area contributed by atoms with Crippen molar-refractivity contribution in [3.05, 3.63) is 71.5 Å². The van der Waals surface area contributed by atoms with Gasteiger partial charge in [0.1, 0.15) is 11.5 Å². The van der Waals surface area contributed by atoms with E-state index in [1.165, 1.54) is 16.8 Å². The van der Waals surface area contributed by atoms with E-state index in [2.05, 4.69) is 43.2 Å². The van der Waals surface area contributed by atoms with E-state index in [4.69, 9.17) is 4.74 Å². The summed E-state index contributed by atoms with van der Waals surface area (Å²) >= 11 is 0. The van der Waals surface area contributed by atoms with Gasteiger partial charge in [0.25, 0.3) is 0 Å². The van der Waals surface area contributed by atoms with Crippen molar-refractivity contribution in [3.63, 3.8) is 0 Å². The van der Waals surface area contributed by atoms with Crippen LogP contribution in [0.5, 0.6) is 11.5 Å². The van der Waals surface area contributed by atoms with E-state index < -0.39 is 0 Å². The third-order valence-corrected chi connectivity index (χ3v) is 4.06. The highest BCUT2D eigenvalue weighted by Gasteiger charge is 2.19. The van der Waals surface area contributed by atoms with Crippen LogP contribution in [0.4, 0.5) is 5.69 Å². The SMILES string of the molecule is Cc1ccc(Oc2ccc(NCc3cn[nH]c3C(C)(C)C)cc2)cc1. The minimum Gasteiger partial charge on any atom is -0.457 e. The molecule has 0 fully saturated rings. The van der Waals surface area contributed by atoms with Crippen LogP contribution < -0.4 is 10.1 Å². The van der Waals surface area contributed by atoms with Gasteiger partial charge < -0.3 is 10.1 Å². The molecule has 4 heteroatoms. The molecule has 0 bridgehead atoms. The molecule has 25 heavy (non-hydrogen) atoms. The van der Waals surface area contributed by atoms with Crippen molar-refractivity contribution in [2.45, 2.75) is 39.7 Å². The fourth-order valence-electron chi connectivity index (χ4n) is 2.68. The summed E-state index contributed by atoms with van der Waals surface area (Å²) in [6.07, 6.45) is 1.89. The van der Waals surface area contributed by atoms with Crippen LogP contribution in [0.3, 0.4) is 0 Å². The van der Waals surface area contributed by atoms with E-state index in [9.17, 15) is 0 Å². The van der Waals surface area contributed by atoms with Crippen LogP contribution in [0.25, 0.3) is 0 Å². The molecule has 4 nitrogen and oxygen atoms in total. The first-order valence-electron chi connectivity index (χ1n) is 8.53. The molecule has 2 N–H and O–H groups in total. The van der Waals surface area contributed by atoms with Crippen LogP contribution in [-0.4, -0.2) is 10.2 Å². The Bertz CT molecular complexity index is 812. The molecule has 0 aliphatic rings. The predicted molar refractivity (Wildman–Crippen MR) is 102 cm³/mol. The summed E-state index contributed by atoms with van der Waals surface area (Å²) in [4.78, 5) is 0. The van der Waals surface area contributed by atoms with E-state index in [-0.39, 0.29) is 5.41 Å². The quantitative estimate of drug-likeness (QED) is 0.654. The number of aryl methyl sites for hydroxylation is 1. The Balaban J connectivity index is 1.61. The van der Waals surface area contributed by atoms with E-state index in [0.29, 0.717) is 0 Å². The van der Waals surface area contributed by atoms with Crippen molar-refractivity contribution in [3.8, 4) is 11.5 Å². The zero-order valence-corrected chi connectivity index (χ0v) is 15.3. The Kier molecular flexibility index (Phi) is 4.79. The molecule has 0 saturated carbocycles. The van der Waals surface area contributed by atoms with Gasteiger partial charge in [-0.05, 0) is 43.3 Å². The van der Waals surface area contributed by atoms with Crippen LogP contribution in [0.2, 0.25) is 0 Å². The van der Waals surface area contributed by atoms with Gasteiger partial charge in [-0.2, -0.15) is 5.10 Å². The maximum absolute atomic E-state index is 5.86. The van der Waals surface area contributed by atoms with Crippen molar-refractivity contribution in [2.75, 3.05) is 5.32 Å². The number of nitrogens with zero attached hydrogens (tertiary/aromatic N) is 1. The summed E-state index contributed by atoms with van der Waals surface area (Å²) in [7, 11) is 0. The van der Waals surface area contributed by atoms with E-state index >= 15 is 0 Å². The molecule has 0 unspecified atom stereocenters. The van der Waals surface area contributed by atoms with Gasteiger partial charge in [-0.25, -0.2) is 0 Å². The molecule has 1 aromatic heterocycles. The second kappa shape index (κ2) is 7.01. The van der Waals surface area contributed by atoms with Crippen molar-refractivity contribution in [1.29, 1.82) is 0 Å². The average Bonchev–Trinajstić information content (AvgIpc) is 3.05. The van der Waals surface area contributed by atoms with E-state index in [0.717, 1.165) is 23.7 Å². The molecule has 3 aromatic rings. The number of hydrogen-bond acceptors (Lipinski definition) is 3. The number of nitrogens with one attached hydrogen (secondary N) is 2. The summed E-state index contributed by atoms with van der Waals surface area (Å²) in [5.74, 6) is 1.67. The second-order valence-electron chi connectivity index (χ2n) is 7.31. The summed E-state index contributed by atoms with van der Waals surface area (Å²) in [6, 6.07) is 16.1. The molecule has 130 valence electrons.